The lowest BCUT2D eigenvalue weighted by molar-refractivity contribution is 0.343. The van der Waals surface area contributed by atoms with Gasteiger partial charge in [-0.2, -0.15) is 0 Å². The number of benzene rings is 1. The van der Waals surface area contributed by atoms with Crippen molar-refractivity contribution >= 4 is 34.0 Å². The molecule has 132 valence electrons. The third-order valence-electron chi connectivity index (χ3n) is 4.19. The maximum atomic E-state index is 14.2. The van der Waals surface area contributed by atoms with Crippen molar-refractivity contribution in [1.29, 1.82) is 0 Å². The van der Waals surface area contributed by atoms with E-state index in [0.29, 0.717) is 21.6 Å². The van der Waals surface area contributed by atoms with Crippen molar-refractivity contribution < 1.29 is 8.81 Å². The van der Waals surface area contributed by atoms with Crippen LogP contribution in [0.15, 0.2) is 25.8 Å². The molecular weight excluding hydrogens is 403 g/mol. The van der Waals surface area contributed by atoms with Gasteiger partial charge < -0.3 is 15.1 Å². The van der Waals surface area contributed by atoms with Gasteiger partial charge in [0, 0.05) is 11.6 Å². The number of H-pyrrole nitrogens is 1. The molecule has 0 radical (unpaired) electrons. The molecule has 1 saturated heterocycles. The van der Waals surface area contributed by atoms with Crippen LogP contribution in [0.4, 0.5) is 10.1 Å². The van der Waals surface area contributed by atoms with Gasteiger partial charge in [0.2, 0.25) is 5.89 Å². The summed E-state index contributed by atoms with van der Waals surface area (Å²) in [5.74, 6) is -0.508. The summed E-state index contributed by atoms with van der Waals surface area (Å²) in [5, 5.41) is 12.6. The Morgan fingerprint density at radius 2 is 2.12 bits per heavy atom. The van der Waals surface area contributed by atoms with Gasteiger partial charge in [0.25, 0.3) is 0 Å². The van der Waals surface area contributed by atoms with Crippen LogP contribution in [0.2, 0.25) is 0 Å². The van der Waals surface area contributed by atoms with Gasteiger partial charge in [-0.1, -0.05) is 0 Å². The van der Waals surface area contributed by atoms with Gasteiger partial charge in [0.15, 0.2) is 0 Å². The van der Waals surface area contributed by atoms with Crippen molar-refractivity contribution in [2.24, 2.45) is 5.92 Å². The average Bonchev–Trinajstić information content (AvgIpc) is 2.99. The van der Waals surface area contributed by atoms with Crippen LogP contribution < -0.4 is 16.4 Å². The number of piperidine rings is 1. The first kappa shape index (κ1) is 19.0. The van der Waals surface area contributed by atoms with E-state index in [1.807, 2.05) is 0 Å². The lowest BCUT2D eigenvalue weighted by Crippen LogP contribution is -2.36. The number of anilines is 1. The Kier molecular flexibility index (Phi) is 6.42. The highest BCUT2D eigenvalue weighted by molar-refractivity contribution is 9.10. The lowest BCUT2D eigenvalue weighted by atomic mass is 9.91. The third kappa shape index (κ3) is 4.17. The zero-order chi connectivity index (χ0) is 16.4. The Hall–Kier alpha value is -1.38. The molecule has 0 spiro atoms. The van der Waals surface area contributed by atoms with Crippen LogP contribution in [0.25, 0.3) is 11.5 Å². The van der Waals surface area contributed by atoms with Crippen LogP contribution in [-0.4, -0.2) is 29.3 Å². The van der Waals surface area contributed by atoms with E-state index in [9.17, 15) is 9.18 Å². The molecule has 9 heteroatoms. The predicted octanol–water partition coefficient (Wildman–Crippen LogP) is 3.15. The van der Waals surface area contributed by atoms with Gasteiger partial charge >= 0.3 is 5.76 Å². The van der Waals surface area contributed by atoms with E-state index in [1.165, 1.54) is 6.07 Å². The molecule has 24 heavy (non-hydrogen) atoms. The van der Waals surface area contributed by atoms with E-state index in [4.69, 9.17) is 4.42 Å². The highest BCUT2D eigenvalue weighted by Crippen LogP contribution is 2.32. The predicted molar refractivity (Wildman–Crippen MR) is 96.1 cm³/mol. The Balaban J connectivity index is 0.00000208. The molecular formula is C15H19BrClFN4O2. The topological polar surface area (TPSA) is 83.0 Å². The second-order valence-electron chi connectivity index (χ2n) is 5.76. The molecule has 1 fully saturated rings. The van der Waals surface area contributed by atoms with Crippen LogP contribution in [-0.2, 0) is 0 Å². The number of aromatic amines is 1. The fourth-order valence-corrected chi connectivity index (χ4v) is 3.22. The molecule has 6 nitrogen and oxygen atoms in total. The minimum atomic E-state index is -0.666. The molecule has 3 N–H and O–H groups in total. The summed E-state index contributed by atoms with van der Waals surface area (Å²) in [7, 11) is 0. The molecule has 1 aliphatic heterocycles. The number of nitrogens with one attached hydrogen (secondary N) is 3. The summed E-state index contributed by atoms with van der Waals surface area (Å²) < 4.78 is 19.4. The highest BCUT2D eigenvalue weighted by atomic mass is 79.9. The quantitative estimate of drug-likeness (QED) is 0.706. The zero-order valence-electron chi connectivity index (χ0n) is 13.1. The van der Waals surface area contributed by atoms with E-state index in [0.717, 1.165) is 25.9 Å². The normalized spacial score (nSPS) is 16.5. The first-order valence-corrected chi connectivity index (χ1v) is 8.36. The third-order valence-corrected chi connectivity index (χ3v) is 4.99. The summed E-state index contributed by atoms with van der Waals surface area (Å²) in [4.78, 5) is 11.1. The van der Waals surface area contributed by atoms with Crippen LogP contribution in [0.1, 0.15) is 19.8 Å². The van der Waals surface area contributed by atoms with E-state index < -0.39 is 11.6 Å². The van der Waals surface area contributed by atoms with Crippen LogP contribution in [0.3, 0.4) is 0 Å². The number of nitrogens with zero attached hydrogens (tertiary/aromatic N) is 1. The van der Waals surface area contributed by atoms with Crippen LogP contribution in [0.5, 0.6) is 0 Å². The van der Waals surface area contributed by atoms with Crippen molar-refractivity contribution in [3.8, 4) is 11.5 Å². The molecule has 2 aromatic rings. The first-order valence-electron chi connectivity index (χ1n) is 7.57. The number of halogens is 3. The Bertz CT molecular complexity index is 745. The minimum absolute atomic E-state index is 0. The van der Waals surface area contributed by atoms with Gasteiger partial charge in [-0.25, -0.2) is 14.3 Å². The minimum Gasteiger partial charge on any atom is -0.388 e. The van der Waals surface area contributed by atoms with Crippen molar-refractivity contribution in [2.45, 2.75) is 25.8 Å². The zero-order valence-corrected chi connectivity index (χ0v) is 15.5. The molecule has 3 rings (SSSR count). The first-order chi connectivity index (χ1) is 11.0. The molecule has 1 aliphatic rings. The summed E-state index contributed by atoms with van der Waals surface area (Å²) >= 11 is 3.27. The Morgan fingerprint density at radius 1 is 1.42 bits per heavy atom. The summed E-state index contributed by atoms with van der Waals surface area (Å²) in [6.45, 7) is 4.11. The SMILES string of the molecule is C[C@H](Nc1cc(-c2n[nH]c(=O)o2)cc(F)c1Br)C1CCNCC1.Cl. The van der Waals surface area contributed by atoms with Gasteiger partial charge in [0.05, 0.1) is 10.2 Å². The molecule has 0 saturated carbocycles. The average molecular weight is 422 g/mol. The van der Waals surface area contributed by atoms with E-state index in [2.05, 4.69) is 43.7 Å². The number of rotatable bonds is 4. The van der Waals surface area contributed by atoms with Gasteiger partial charge in [-0.15, -0.1) is 17.5 Å². The molecule has 0 unspecified atom stereocenters. The highest BCUT2D eigenvalue weighted by Gasteiger charge is 2.21. The van der Waals surface area contributed by atoms with Crippen molar-refractivity contribution in [3.63, 3.8) is 0 Å². The van der Waals surface area contributed by atoms with Crippen molar-refractivity contribution in [1.82, 2.24) is 15.5 Å². The van der Waals surface area contributed by atoms with Crippen LogP contribution >= 0.6 is 28.3 Å². The maximum Gasteiger partial charge on any atom is 0.434 e. The largest absolute Gasteiger partial charge is 0.434 e. The Morgan fingerprint density at radius 3 is 2.75 bits per heavy atom. The molecule has 0 aliphatic carbocycles. The maximum absolute atomic E-state index is 14.2. The van der Waals surface area contributed by atoms with Gasteiger partial charge in [0.1, 0.15) is 5.82 Å². The second kappa shape index (κ2) is 8.13. The summed E-state index contributed by atoms with van der Waals surface area (Å²) in [6, 6.07) is 3.21. The second-order valence-corrected chi connectivity index (χ2v) is 6.55. The Labute approximate surface area is 153 Å². The molecule has 1 aromatic carbocycles. The number of aromatic nitrogens is 2. The lowest BCUT2D eigenvalue weighted by Gasteiger charge is -2.30. The number of hydrogen-bond donors (Lipinski definition) is 3. The molecule has 1 atom stereocenters. The molecule has 2 heterocycles. The van der Waals surface area contributed by atoms with Gasteiger partial charge in [-0.3, -0.25) is 0 Å². The molecule has 0 amide bonds. The van der Waals surface area contributed by atoms with Gasteiger partial charge in [-0.05, 0) is 66.8 Å². The van der Waals surface area contributed by atoms with E-state index >= 15 is 0 Å². The fraction of sp³-hybridized carbons (Fsp3) is 0.467. The fourth-order valence-electron chi connectivity index (χ4n) is 2.88. The summed E-state index contributed by atoms with van der Waals surface area (Å²) in [5.41, 5.74) is 1.03. The number of hydrogen-bond acceptors (Lipinski definition) is 5. The summed E-state index contributed by atoms with van der Waals surface area (Å²) in [6.07, 6.45) is 2.17. The van der Waals surface area contributed by atoms with Crippen molar-refractivity contribution in [2.75, 3.05) is 18.4 Å². The van der Waals surface area contributed by atoms with Crippen molar-refractivity contribution in [3.05, 3.63) is 33.0 Å². The monoisotopic (exact) mass is 420 g/mol. The molecule has 0 bridgehead atoms. The smallest absolute Gasteiger partial charge is 0.388 e. The van der Waals surface area contributed by atoms with Crippen LogP contribution in [0, 0.1) is 11.7 Å². The van der Waals surface area contributed by atoms with E-state index in [1.54, 1.807) is 6.07 Å². The van der Waals surface area contributed by atoms with E-state index in [-0.39, 0.29) is 24.3 Å². The molecule has 1 aromatic heterocycles. The standard InChI is InChI=1S/C15H18BrFN4O2.ClH/c1-8(9-2-4-18-5-3-9)19-12-7-10(6-11(17)13(12)16)14-20-21-15(22)23-14;/h6-9,18-19H,2-5H2,1H3,(H,21,22);1H/t8-;/m0./s1.